The number of carbonyl (C=O) groups is 1. The third-order valence-corrected chi connectivity index (χ3v) is 6.00. The summed E-state index contributed by atoms with van der Waals surface area (Å²) in [5.74, 6) is 0.392. The van der Waals surface area contributed by atoms with Gasteiger partial charge in [-0.2, -0.15) is 0 Å². The summed E-state index contributed by atoms with van der Waals surface area (Å²) in [6.07, 6.45) is 6.04. The molecule has 8 nitrogen and oxygen atoms in total. The Morgan fingerprint density at radius 2 is 2.03 bits per heavy atom. The first-order valence-electron chi connectivity index (χ1n) is 10.6. The van der Waals surface area contributed by atoms with E-state index in [1.54, 1.807) is 0 Å². The molecule has 0 aromatic carbocycles. The summed E-state index contributed by atoms with van der Waals surface area (Å²) >= 11 is 0. The number of aryl methyl sites for hydroxylation is 1. The molecule has 1 N–H and O–H groups in total. The lowest BCUT2D eigenvalue weighted by Gasteiger charge is -2.36. The van der Waals surface area contributed by atoms with Gasteiger partial charge < -0.3 is 10.2 Å². The zero-order valence-electron chi connectivity index (χ0n) is 17.6. The predicted octanol–water partition coefficient (Wildman–Crippen LogP) is 1.78. The number of hydrogen-bond acceptors (Lipinski definition) is 6. The van der Waals surface area contributed by atoms with Gasteiger partial charge in [0.2, 0.25) is 5.91 Å². The zero-order chi connectivity index (χ0) is 20.4. The molecule has 0 saturated carbocycles. The molecule has 2 aromatic heterocycles. The molecule has 156 valence electrons. The molecule has 2 aliphatic rings. The molecule has 8 heteroatoms. The number of nitrogens with one attached hydrogen (secondary N) is 1. The molecule has 2 aliphatic heterocycles. The second kappa shape index (κ2) is 8.49. The van der Waals surface area contributed by atoms with E-state index in [-0.39, 0.29) is 17.9 Å². The summed E-state index contributed by atoms with van der Waals surface area (Å²) in [5, 5.41) is 11.8. The van der Waals surface area contributed by atoms with E-state index in [1.165, 1.54) is 5.69 Å². The molecule has 0 bridgehead atoms. The van der Waals surface area contributed by atoms with Crippen LogP contribution in [0.25, 0.3) is 0 Å². The molecule has 1 amide bonds. The Labute approximate surface area is 172 Å². The average Bonchev–Trinajstić information content (AvgIpc) is 3.16. The smallest absolute Gasteiger partial charge is 0.237 e. The fourth-order valence-electron chi connectivity index (χ4n) is 4.52. The Bertz CT molecular complexity index is 841. The van der Waals surface area contributed by atoms with E-state index in [0.29, 0.717) is 19.1 Å². The number of anilines is 1. The van der Waals surface area contributed by atoms with Crippen LogP contribution in [0.2, 0.25) is 0 Å². The van der Waals surface area contributed by atoms with Gasteiger partial charge in [-0.3, -0.25) is 14.7 Å². The van der Waals surface area contributed by atoms with Crippen LogP contribution < -0.4 is 10.2 Å². The second-order valence-electron chi connectivity index (χ2n) is 8.51. The molecule has 1 atom stereocenters. The third kappa shape index (κ3) is 4.42. The molecular formula is C21H31N7O. The van der Waals surface area contributed by atoms with Gasteiger partial charge in [0.1, 0.15) is 0 Å². The highest BCUT2D eigenvalue weighted by Crippen LogP contribution is 2.26. The first-order valence-corrected chi connectivity index (χ1v) is 10.6. The lowest BCUT2D eigenvalue weighted by molar-refractivity contribution is -0.131. The summed E-state index contributed by atoms with van der Waals surface area (Å²) in [5.41, 5.74) is 3.24. The van der Waals surface area contributed by atoms with E-state index in [0.717, 1.165) is 43.9 Å². The van der Waals surface area contributed by atoms with E-state index in [9.17, 15) is 4.79 Å². The van der Waals surface area contributed by atoms with Gasteiger partial charge in [0.25, 0.3) is 0 Å². The number of pyridine rings is 1. The van der Waals surface area contributed by atoms with Crippen LogP contribution >= 0.6 is 0 Å². The number of amides is 1. The van der Waals surface area contributed by atoms with Crippen LogP contribution in [-0.4, -0.2) is 63.0 Å². The van der Waals surface area contributed by atoms with Crippen LogP contribution in [0.15, 0.2) is 24.5 Å². The van der Waals surface area contributed by atoms with Crippen LogP contribution in [0, 0.1) is 12.8 Å². The van der Waals surface area contributed by atoms with Crippen LogP contribution in [0.3, 0.4) is 0 Å². The van der Waals surface area contributed by atoms with Crippen molar-refractivity contribution in [1.82, 2.24) is 30.2 Å². The monoisotopic (exact) mass is 397 g/mol. The Morgan fingerprint density at radius 1 is 1.24 bits per heavy atom. The number of piperidine rings is 1. The van der Waals surface area contributed by atoms with Crippen LogP contribution in [0.1, 0.15) is 44.1 Å². The van der Waals surface area contributed by atoms with Gasteiger partial charge in [0.15, 0.2) is 0 Å². The van der Waals surface area contributed by atoms with E-state index >= 15 is 0 Å². The standard InChI is InChI=1S/C21H31N7O/c1-15(2)20-21(29)23-8-11-27(20)13-17-14-28(25-24-17)18-5-9-26(10-6-18)19-4-7-22-16(3)12-19/h4,7,12,14-15,18,20H,5-6,8-11,13H2,1-3H3,(H,23,29). The van der Waals surface area contributed by atoms with Gasteiger partial charge in [0.05, 0.1) is 24.0 Å². The molecule has 0 spiro atoms. The van der Waals surface area contributed by atoms with Gasteiger partial charge in [0, 0.05) is 50.3 Å². The largest absolute Gasteiger partial charge is 0.371 e. The molecule has 4 heterocycles. The van der Waals surface area contributed by atoms with Crippen molar-refractivity contribution in [3.8, 4) is 0 Å². The number of piperazine rings is 1. The first kappa shape index (κ1) is 19.8. The van der Waals surface area contributed by atoms with Gasteiger partial charge >= 0.3 is 0 Å². The van der Waals surface area contributed by atoms with Crippen molar-refractivity contribution in [2.75, 3.05) is 31.1 Å². The van der Waals surface area contributed by atoms with Gasteiger partial charge in [-0.15, -0.1) is 5.10 Å². The maximum atomic E-state index is 12.3. The maximum Gasteiger partial charge on any atom is 0.237 e. The van der Waals surface area contributed by atoms with Gasteiger partial charge in [-0.05, 0) is 37.8 Å². The number of aromatic nitrogens is 4. The molecule has 0 aliphatic carbocycles. The highest BCUT2D eigenvalue weighted by Gasteiger charge is 2.32. The lowest BCUT2D eigenvalue weighted by atomic mass is 9.99. The molecule has 2 fully saturated rings. The Balaban J connectivity index is 1.36. The SMILES string of the molecule is Cc1cc(N2CCC(n3cc(CN4CCNC(=O)C4C(C)C)nn3)CC2)ccn1. The Kier molecular flexibility index (Phi) is 5.80. The Hall–Kier alpha value is -2.48. The fourth-order valence-corrected chi connectivity index (χ4v) is 4.52. The van der Waals surface area contributed by atoms with Crippen molar-refractivity contribution in [2.45, 2.75) is 52.2 Å². The van der Waals surface area contributed by atoms with Crippen LogP contribution in [-0.2, 0) is 11.3 Å². The third-order valence-electron chi connectivity index (χ3n) is 6.00. The number of nitrogens with zero attached hydrogens (tertiary/aromatic N) is 6. The normalized spacial score (nSPS) is 21.6. The number of rotatable bonds is 5. The fraction of sp³-hybridized carbons (Fsp3) is 0.619. The minimum atomic E-state index is -0.0963. The van der Waals surface area contributed by atoms with Gasteiger partial charge in [-0.25, -0.2) is 4.68 Å². The summed E-state index contributed by atoms with van der Waals surface area (Å²) in [6, 6.07) is 4.51. The molecule has 0 radical (unpaired) electrons. The van der Waals surface area contributed by atoms with Crippen molar-refractivity contribution in [3.05, 3.63) is 35.9 Å². The van der Waals surface area contributed by atoms with Gasteiger partial charge in [-0.1, -0.05) is 19.1 Å². The minimum Gasteiger partial charge on any atom is -0.371 e. The van der Waals surface area contributed by atoms with E-state index in [2.05, 4.69) is 62.6 Å². The maximum absolute atomic E-state index is 12.3. The number of carbonyl (C=O) groups excluding carboxylic acids is 1. The zero-order valence-corrected chi connectivity index (χ0v) is 17.6. The van der Waals surface area contributed by atoms with Crippen molar-refractivity contribution in [3.63, 3.8) is 0 Å². The molecule has 2 saturated heterocycles. The van der Waals surface area contributed by atoms with Crippen molar-refractivity contribution in [2.24, 2.45) is 5.92 Å². The highest BCUT2D eigenvalue weighted by molar-refractivity contribution is 5.82. The quantitative estimate of drug-likeness (QED) is 0.829. The molecule has 2 aromatic rings. The topological polar surface area (TPSA) is 79.2 Å². The van der Waals surface area contributed by atoms with E-state index in [1.807, 2.05) is 17.8 Å². The molecule has 29 heavy (non-hydrogen) atoms. The number of hydrogen-bond donors (Lipinski definition) is 1. The van der Waals surface area contributed by atoms with Crippen LogP contribution in [0.5, 0.6) is 0 Å². The van der Waals surface area contributed by atoms with E-state index in [4.69, 9.17) is 0 Å². The summed E-state index contributed by atoms with van der Waals surface area (Å²) in [6.45, 7) is 10.5. The highest BCUT2D eigenvalue weighted by atomic mass is 16.2. The minimum absolute atomic E-state index is 0.0963. The molecule has 1 unspecified atom stereocenters. The van der Waals surface area contributed by atoms with E-state index < -0.39 is 0 Å². The Morgan fingerprint density at radius 3 is 2.76 bits per heavy atom. The first-order chi connectivity index (χ1) is 14.0. The molecular weight excluding hydrogens is 366 g/mol. The van der Waals surface area contributed by atoms with Crippen molar-refractivity contribution in [1.29, 1.82) is 0 Å². The predicted molar refractivity (Wildman–Crippen MR) is 112 cm³/mol. The van der Waals surface area contributed by atoms with Crippen molar-refractivity contribution < 1.29 is 4.79 Å². The average molecular weight is 398 g/mol. The van der Waals surface area contributed by atoms with Crippen molar-refractivity contribution >= 4 is 11.6 Å². The lowest BCUT2D eigenvalue weighted by Crippen LogP contribution is -2.56. The summed E-state index contributed by atoms with van der Waals surface area (Å²) in [7, 11) is 0. The second-order valence-corrected chi connectivity index (χ2v) is 8.51. The van der Waals surface area contributed by atoms with Crippen LogP contribution in [0.4, 0.5) is 5.69 Å². The summed E-state index contributed by atoms with van der Waals surface area (Å²) in [4.78, 5) is 21.2. The molecule has 4 rings (SSSR count). The summed E-state index contributed by atoms with van der Waals surface area (Å²) < 4.78 is 2.03.